The van der Waals surface area contributed by atoms with E-state index in [2.05, 4.69) is 0 Å². The predicted octanol–water partition coefficient (Wildman–Crippen LogP) is 3.12. The van der Waals surface area contributed by atoms with Crippen molar-refractivity contribution in [3.05, 3.63) is 35.4 Å². The van der Waals surface area contributed by atoms with E-state index in [0.29, 0.717) is 12.1 Å². The molecule has 0 atom stereocenters. The summed E-state index contributed by atoms with van der Waals surface area (Å²) in [4.78, 5) is 11.4. The van der Waals surface area contributed by atoms with Gasteiger partial charge in [0.05, 0.1) is 0 Å². The lowest BCUT2D eigenvalue weighted by Gasteiger charge is -2.03. The number of carbonyl (C=O) groups is 1. The van der Waals surface area contributed by atoms with Gasteiger partial charge in [-0.05, 0) is 18.9 Å². The quantitative estimate of drug-likeness (QED) is 0.734. The van der Waals surface area contributed by atoms with E-state index >= 15 is 0 Å². The fourth-order valence-corrected chi connectivity index (χ4v) is 1.42. The third-order valence-corrected chi connectivity index (χ3v) is 2.30. The fraction of sp³-hybridized carbons (Fsp3) is 0.385. The van der Waals surface area contributed by atoms with Gasteiger partial charge >= 0.3 is 0 Å². The molecule has 0 aliphatic carbocycles. The predicted molar refractivity (Wildman–Crippen MR) is 62.5 cm³/mol. The van der Waals surface area contributed by atoms with E-state index in [9.17, 15) is 4.79 Å². The summed E-state index contributed by atoms with van der Waals surface area (Å²) in [5, 5.41) is 7.79. The summed E-state index contributed by atoms with van der Waals surface area (Å²) < 4.78 is 0. The standard InChI is InChI=1S/C13H17NO/c1-3-4-12(15)9-13(14)11-7-5-10(2)6-8-11/h5-8,14H,3-4,9H2,1-2H3. The first-order valence-electron chi connectivity index (χ1n) is 5.29. The van der Waals surface area contributed by atoms with Gasteiger partial charge in [-0.3, -0.25) is 4.79 Å². The van der Waals surface area contributed by atoms with Gasteiger partial charge in [0, 0.05) is 18.6 Å². The Kier molecular flexibility index (Phi) is 4.22. The highest BCUT2D eigenvalue weighted by Gasteiger charge is 2.06. The van der Waals surface area contributed by atoms with Gasteiger partial charge in [0.1, 0.15) is 5.78 Å². The van der Waals surface area contributed by atoms with Crippen molar-refractivity contribution in [3.8, 4) is 0 Å². The summed E-state index contributed by atoms with van der Waals surface area (Å²) in [5.41, 5.74) is 2.45. The molecule has 0 saturated heterocycles. The number of hydrogen-bond acceptors (Lipinski definition) is 2. The second kappa shape index (κ2) is 5.44. The van der Waals surface area contributed by atoms with Crippen LogP contribution in [-0.4, -0.2) is 11.5 Å². The molecule has 15 heavy (non-hydrogen) atoms. The van der Waals surface area contributed by atoms with Crippen molar-refractivity contribution in [2.45, 2.75) is 33.1 Å². The van der Waals surface area contributed by atoms with E-state index < -0.39 is 0 Å². The zero-order valence-electron chi connectivity index (χ0n) is 9.34. The molecule has 0 fully saturated rings. The van der Waals surface area contributed by atoms with Gasteiger partial charge in [-0.1, -0.05) is 36.8 Å². The SMILES string of the molecule is CCCC(=O)CC(=N)c1ccc(C)cc1. The lowest BCUT2D eigenvalue weighted by atomic mass is 10.0. The highest BCUT2D eigenvalue weighted by molar-refractivity contribution is 6.09. The van der Waals surface area contributed by atoms with E-state index in [1.807, 2.05) is 38.1 Å². The molecule has 0 saturated carbocycles. The molecule has 80 valence electrons. The molecular formula is C13H17NO. The minimum Gasteiger partial charge on any atom is -0.304 e. The second-order valence-corrected chi connectivity index (χ2v) is 3.81. The molecule has 0 aliphatic heterocycles. The number of rotatable bonds is 5. The lowest BCUT2D eigenvalue weighted by molar-refractivity contribution is -0.117. The van der Waals surface area contributed by atoms with E-state index in [1.165, 1.54) is 5.56 Å². The van der Waals surface area contributed by atoms with Gasteiger partial charge in [0.2, 0.25) is 0 Å². The van der Waals surface area contributed by atoms with Crippen LogP contribution in [0.5, 0.6) is 0 Å². The third kappa shape index (κ3) is 3.66. The van der Waals surface area contributed by atoms with E-state index in [1.54, 1.807) is 0 Å². The Morgan fingerprint density at radius 3 is 2.40 bits per heavy atom. The number of hydrogen-bond donors (Lipinski definition) is 1. The Morgan fingerprint density at radius 1 is 1.27 bits per heavy atom. The zero-order valence-corrected chi connectivity index (χ0v) is 9.34. The lowest BCUT2D eigenvalue weighted by Crippen LogP contribution is -2.07. The van der Waals surface area contributed by atoms with Crippen LogP contribution in [0.3, 0.4) is 0 Å². The summed E-state index contributed by atoms with van der Waals surface area (Å²) in [6.45, 7) is 3.99. The van der Waals surface area contributed by atoms with E-state index in [4.69, 9.17) is 5.41 Å². The number of benzene rings is 1. The molecule has 0 unspecified atom stereocenters. The first-order chi connectivity index (χ1) is 7.13. The van der Waals surface area contributed by atoms with Crippen molar-refractivity contribution in [2.75, 3.05) is 0 Å². The van der Waals surface area contributed by atoms with Crippen molar-refractivity contribution in [3.63, 3.8) is 0 Å². The molecule has 0 spiro atoms. The summed E-state index contributed by atoms with van der Waals surface area (Å²) in [7, 11) is 0. The maximum absolute atomic E-state index is 11.4. The molecule has 0 aromatic heterocycles. The molecule has 0 heterocycles. The Hall–Kier alpha value is -1.44. The van der Waals surface area contributed by atoms with Crippen molar-refractivity contribution in [2.24, 2.45) is 0 Å². The molecule has 1 aromatic rings. The maximum Gasteiger partial charge on any atom is 0.138 e. The Morgan fingerprint density at radius 2 is 1.87 bits per heavy atom. The topological polar surface area (TPSA) is 40.9 Å². The maximum atomic E-state index is 11.4. The Bertz CT molecular complexity index is 351. The number of Topliss-reactive ketones (excluding diaryl/α,β-unsaturated/α-hetero) is 1. The average Bonchev–Trinajstić information content (AvgIpc) is 2.18. The fourth-order valence-electron chi connectivity index (χ4n) is 1.42. The molecule has 2 heteroatoms. The first-order valence-corrected chi connectivity index (χ1v) is 5.29. The molecule has 0 radical (unpaired) electrons. The molecule has 2 nitrogen and oxygen atoms in total. The number of aryl methyl sites for hydroxylation is 1. The van der Waals surface area contributed by atoms with Gasteiger partial charge < -0.3 is 5.41 Å². The minimum absolute atomic E-state index is 0.156. The van der Waals surface area contributed by atoms with Crippen molar-refractivity contribution >= 4 is 11.5 Å². The van der Waals surface area contributed by atoms with Crippen LogP contribution in [0.2, 0.25) is 0 Å². The van der Waals surface area contributed by atoms with Gasteiger partial charge in [-0.2, -0.15) is 0 Å². The average molecular weight is 203 g/mol. The molecule has 0 aliphatic rings. The van der Waals surface area contributed by atoms with Crippen LogP contribution in [0.25, 0.3) is 0 Å². The summed E-state index contributed by atoms with van der Waals surface area (Å²) in [5.74, 6) is 0.156. The van der Waals surface area contributed by atoms with Gasteiger partial charge in [-0.15, -0.1) is 0 Å². The smallest absolute Gasteiger partial charge is 0.138 e. The zero-order chi connectivity index (χ0) is 11.3. The number of nitrogens with one attached hydrogen (secondary N) is 1. The van der Waals surface area contributed by atoms with Crippen LogP contribution in [0.4, 0.5) is 0 Å². The highest BCUT2D eigenvalue weighted by Crippen LogP contribution is 2.07. The van der Waals surface area contributed by atoms with Crippen molar-refractivity contribution in [1.82, 2.24) is 0 Å². The van der Waals surface area contributed by atoms with Crippen LogP contribution in [0, 0.1) is 12.3 Å². The third-order valence-electron chi connectivity index (χ3n) is 2.30. The number of ketones is 1. The first kappa shape index (κ1) is 11.6. The van der Waals surface area contributed by atoms with E-state index in [-0.39, 0.29) is 12.2 Å². The van der Waals surface area contributed by atoms with Gasteiger partial charge in [0.15, 0.2) is 0 Å². The summed E-state index contributed by atoms with van der Waals surface area (Å²) in [6.07, 6.45) is 1.70. The number of carbonyl (C=O) groups excluding carboxylic acids is 1. The highest BCUT2D eigenvalue weighted by atomic mass is 16.1. The Labute approximate surface area is 90.8 Å². The second-order valence-electron chi connectivity index (χ2n) is 3.81. The van der Waals surface area contributed by atoms with Gasteiger partial charge in [-0.25, -0.2) is 0 Å². The minimum atomic E-state index is 0.156. The van der Waals surface area contributed by atoms with Crippen molar-refractivity contribution in [1.29, 1.82) is 5.41 Å². The van der Waals surface area contributed by atoms with Crippen LogP contribution < -0.4 is 0 Å². The molecule has 1 aromatic carbocycles. The largest absolute Gasteiger partial charge is 0.304 e. The molecule has 1 rings (SSSR count). The molecule has 0 bridgehead atoms. The van der Waals surface area contributed by atoms with Crippen molar-refractivity contribution < 1.29 is 4.79 Å². The summed E-state index contributed by atoms with van der Waals surface area (Å²) in [6, 6.07) is 7.73. The van der Waals surface area contributed by atoms with E-state index in [0.717, 1.165) is 12.0 Å². The normalized spacial score (nSPS) is 10.0. The van der Waals surface area contributed by atoms with Crippen LogP contribution in [0.15, 0.2) is 24.3 Å². The molecule has 0 amide bonds. The van der Waals surface area contributed by atoms with Crippen LogP contribution in [-0.2, 0) is 4.79 Å². The van der Waals surface area contributed by atoms with Crippen LogP contribution >= 0.6 is 0 Å². The summed E-state index contributed by atoms with van der Waals surface area (Å²) >= 11 is 0. The van der Waals surface area contributed by atoms with Crippen LogP contribution in [0.1, 0.15) is 37.3 Å². The molecule has 1 N–H and O–H groups in total. The monoisotopic (exact) mass is 203 g/mol. The molecular weight excluding hydrogens is 186 g/mol. The Balaban J connectivity index is 2.61. The van der Waals surface area contributed by atoms with Gasteiger partial charge in [0.25, 0.3) is 0 Å².